The Labute approximate surface area is 107 Å². The molecule has 0 rings (SSSR count). The highest BCUT2D eigenvalue weighted by Crippen LogP contribution is 2.36. The highest BCUT2D eigenvalue weighted by atomic mass is 16.6. The van der Waals surface area contributed by atoms with Crippen molar-refractivity contribution in [1.29, 1.82) is 0 Å². The first-order valence-corrected chi connectivity index (χ1v) is 6.56. The lowest BCUT2D eigenvalue weighted by molar-refractivity contribution is -0.176. The molecule has 1 unspecified atom stereocenters. The fourth-order valence-electron chi connectivity index (χ4n) is 1.61. The molecule has 2 nitrogen and oxygen atoms in total. The molecule has 0 saturated carbocycles. The highest BCUT2D eigenvalue weighted by Gasteiger charge is 2.40. The van der Waals surface area contributed by atoms with Gasteiger partial charge in [-0.25, -0.2) is 0 Å². The molecule has 0 saturated heterocycles. The molecule has 102 valence electrons. The number of ether oxygens (including phenoxy) is 1. The summed E-state index contributed by atoms with van der Waals surface area (Å²) in [7, 11) is 0. The molecule has 0 amide bonds. The van der Waals surface area contributed by atoms with E-state index >= 15 is 0 Å². The fraction of sp³-hybridized carbons (Fsp3) is 0.933. The largest absolute Gasteiger partial charge is 0.459 e. The number of hydrogen-bond acceptors (Lipinski definition) is 2. The number of hydrogen-bond donors (Lipinski definition) is 0. The second-order valence-corrected chi connectivity index (χ2v) is 7.51. The SMILES string of the molecule is CCC(C(=O)OC(C)(C)C(C)(C)C)C(C)(C)C. The monoisotopic (exact) mass is 242 g/mol. The lowest BCUT2D eigenvalue weighted by atomic mass is 9.77. The van der Waals surface area contributed by atoms with Gasteiger partial charge in [0.25, 0.3) is 0 Å². The van der Waals surface area contributed by atoms with Gasteiger partial charge in [0.1, 0.15) is 5.60 Å². The minimum atomic E-state index is -0.442. The quantitative estimate of drug-likeness (QED) is 0.684. The van der Waals surface area contributed by atoms with Crippen LogP contribution in [-0.2, 0) is 9.53 Å². The summed E-state index contributed by atoms with van der Waals surface area (Å²) in [5, 5.41) is 0. The van der Waals surface area contributed by atoms with Gasteiger partial charge >= 0.3 is 5.97 Å². The number of carbonyl (C=O) groups is 1. The van der Waals surface area contributed by atoms with Crippen molar-refractivity contribution in [1.82, 2.24) is 0 Å². The van der Waals surface area contributed by atoms with Crippen LogP contribution in [0.25, 0.3) is 0 Å². The van der Waals surface area contributed by atoms with Crippen molar-refractivity contribution in [3.8, 4) is 0 Å². The topological polar surface area (TPSA) is 26.3 Å². The van der Waals surface area contributed by atoms with Crippen LogP contribution in [-0.4, -0.2) is 11.6 Å². The molecule has 0 aliphatic rings. The molecule has 1 atom stereocenters. The Morgan fingerprint density at radius 1 is 1.00 bits per heavy atom. The molecule has 0 aromatic rings. The minimum Gasteiger partial charge on any atom is -0.459 e. The third-order valence-corrected chi connectivity index (χ3v) is 3.90. The van der Waals surface area contributed by atoms with E-state index in [4.69, 9.17) is 4.74 Å². The normalized spacial score (nSPS) is 15.6. The first kappa shape index (κ1) is 16.5. The van der Waals surface area contributed by atoms with Crippen LogP contribution in [0, 0.1) is 16.7 Å². The predicted molar refractivity (Wildman–Crippen MR) is 72.9 cm³/mol. The Kier molecular flexibility index (Phi) is 4.84. The summed E-state index contributed by atoms with van der Waals surface area (Å²) in [6.45, 7) is 18.6. The summed E-state index contributed by atoms with van der Waals surface area (Å²) in [4.78, 5) is 12.3. The van der Waals surface area contributed by atoms with E-state index < -0.39 is 5.60 Å². The van der Waals surface area contributed by atoms with Crippen molar-refractivity contribution < 1.29 is 9.53 Å². The molecule has 0 aliphatic carbocycles. The van der Waals surface area contributed by atoms with Crippen LogP contribution in [0.3, 0.4) is 0 Å². The Balaban J connectivity index is 4.87. The minimum absolute atomic E-state index is 0.0378. The van der Waals surface area contributed by atoms with Gasteiger partial charge < -0.3 is 4.74 Å². The van der Waals surface area contributed by atoms with Crippen molar-refractivity contribution in [3.63, 3.8) is 0 Å². The van der Waals surface area contributed by atoms with Gasteiger partial charge in [-0.2, -0.15) is 0 Å². The zero-order chi connectivity index (χ0) is 14.1. The molecule has 0 heterocycles. The van der Waals surface area contributed by atoms with Gasteiger partial charge in [-0.1, -0.05) is 48.5 Å². The zero-order valence-electron chi connectivity index (χ0n) is 13.1. The number of esters is 1. The van der Waals surface area contributed by atoms with Crippen molar-refractivity contribution in [2.75, 3.05) is 0 Å². The Hall–Kier alpha value is -0.530. The summed E-state index contributed by atoms with van der Waals surface area (Å²) in [6.07, 6.45) is 0.822. The molecule has 2 heteroatoms. The number of carbonyl (C=O) groups excluding carboxylic acids is 1. The van der Waals surface area contributed by atoms with E-state index in [0.717, 1.165) is 6.42 Å². The Bertz CT molecular complexity index is 264. The average molecular weight is 242 g/mol. The molecule has 17 heavy (non-hydrogen) atoms. The lowest BCUT2D eigenvalue weighted by Gasteiger charge is -2.40. The Morgan fingerprint density at radius 3 is 1.65 bits per heavy atom. The van der Waals surface area contributed by atoms with E-state index in [1.165, 1.54) is 0 Å². The molecule has 0 aromatic heterocycles. The smallest absolute Gasteiger partial charge is 0.310 e. The van der Waals surface area contributed by atoms with Crippen LogP contribution in [0.2, 0.25) is 0 Å². The predicted octanol–water partition coefficient (Wildman–Crippen LogP) is 4.43. The summed E-state index contributed by atoms with van der Waals surface area (Å²) in [6, 6.07) is 0. The van der Waals surface area contributed by atoms with Crippen molar-refractivity contribution in [3.05, 3.63) is 0 Å². The highest BCUT2D eigenvalue weighted by molar-refractivity contribution is 5.73. The molecule has 0 fully saturated rings. The van der Waals surface area contributed by atoms with Gasteiger partial charge in [-0.05, 0) is 25.7 Å². The van der Waals surface area contributed by atoms with E-state index in [2.05, 4.69) is 41.5 Å². The first-order valence-electron chi connectivity index (χ1n) is 6.56. The van der Waals surface area contributed by atoms with Crippen LogP contribution in [0.1, 0.15) is 68.7 Å². The lowest BCUT2D eigenvalue weighted by Crippen LogP contribution is -2.44. The summed E-state index contributed by atoms with van der Waals surface area (Å²) in [5.41, 5.74) is -0.540. The third-order valence-electron chi connectivity index (χ3n) is 3.90. The fourth-order valence-corrected chi connectivity index (χ4v) is 1.61. The maximum Gasteiger partial charge on any atom is 0.310 e. The summed E-state index contributed by atoms with van der Waals surface area (Å²) in [5.74, 6) is -0.107. The van der Waals surface area contributed by atoms with Crippen LogP contribution in [0.5, 0.6) is 0 Å². The summed E-state index contributed by atoms with van der Waals surface area (Å²) < 4.78 is 5.74. The zero-order valence-corrected chi connectivity index (χ0v) is 13.1. The van der Waals surface area contributed by atoms with E-state index in [-0.39, 0.29) is 22.7 Å². The molecular formula is C15H30O2. The molecular weight excluding hydrogens is 212 g/mol. The van der Waals surface area contributed by atoms with Crippen molar-refractivity contribution in [2.45, 2.75) is 74.3 Å². The van der Waals surface area contributed by atoms with Crippen molar-refractivity contribution >= 4 is 5.97 Å². The van der Waals surface area contributed by atoms with Gasteiger partial charge in [-0.15, -0.1) is 0 Å². The standard InChI is InChI=1S/C15H30O2/c1-10-11(13(2,3)4)12(16)17-15(8,9)14(5,6)7/h11H,10H2,1-9H3. The van der Waals surface area contributed by atoms with Crippen LogP contribution in [0.4, 0.5) is 0 Å². The van der Waals surface area contributed by atoms with E-state index in [1.54, 1.807) is 0 Å². The third kappa shape index (κ3) is 4.33. The van der Waals surface area contributed by atoms with Crippen LogP contribution < -0.4 is 0 Å². The molecule has 0 bridgehead atoms. The van der Waals surface area contributed by atoms with Gasteiger partial charge in [0, 0.05) is 5.41 Å². The van der Waals surface area contributed by atoms with Crippen molar-refractivity contribution in [2.24, 2.45) is 16.7 Å². The Morgan fingerprint density at radius 2 is 1.41 bits per heavy atom. The van der Waals surface area contributed by atoms with Gasteiger partial charge in [0.05, 0.1) is 5.92 Å². The molecule has 0 aliphatic heterocycles. The molecule has 0 spiro atoms. The van der Waals surface area contributed by atoms with E-state index in [1.807, 2.05) is 20.8 Å². The van der Waals surface area contributed by atoms with E-state index in [9.17, 15) is 4.79 Å². The van der Waals surface area contributed by atoms with Crippen LogP contribution >= 0.6 is 0 Å². The van der Waals surface area contributed by atoms with Crippen LogP contribution in [0.15, 0.2) is 0 Å². The molecule has 0 aromatic carbocycles. The molecule has 0 radical (unpaired) electrons. The van der Waals surface area contributed by atoms with Gasteiger partial charge in [0.15, 0.2) is 0 Å². The number of rotatable bonds is 3. The summed E-state index contributed by atoms with van der Waals surface area (Å²) >= 11 is 0. The van der Waals surface area contributed by atoms with E-state index in [0.29, 0.717) is 0 Å². The second-order valence-electron chi connectivity index (χ2n) is 7.51. The average Bonchev–Trinajstić information content (AvgIpc) is 1.98. The first-order chi connectivity index (χ1) is 7.33. The van der Waals surface area contributed by atoms with Gasteiger partial charge in [0.2, 0.25) is 0 Å². The van der Waals surface area contributed by atoms with Gasteiger partial charge in [-0.3, -0.25) is 4.79 Å². The maximum atomic E-state index is 12.3. The second kappa shape index (κ2) is 4.99. The maximum absolute atomic E-state index is 12.3. The molecule has 0 N–H and O–H groups in total.